The molecule has 0 aliphatic carbocycles. The van der Waals surface area contributed by atoms with E-state index in [1.807, 2.05) is 17.0 Å². The van der Waals surface area contributed by atoms with Crippen molar-refractivity contribution in [1.82, 2.24) is 15.1 Å². The lowest BCUT2D eigenvalue weighted by atomic mass is 10.1. The number of hydrogen-bond acceptors (Lipinski definition) is 5. The average Bonchev–Trinajstić information content (AvgIpc) is 3.54. The molecule has 1 aromatic carbocycles. The highest BCUT2D eigenvalue weighted by Crippen LogP contribution is 2.27. The van der Waals surface area contributed by atoms with E-state index in [0.717, 1.165) is 83.3 Å². The molecule has 1 amide bonds. The monoisotopic (exact) mass is 571 g/mol. The van der Waals surface area contributed by atoms with Crippen LogP contribution < -0.4 is 15.0 Å². The number of carbonyl (C=O) groups is 1. The first-order chi connectivity index (χ1) is 15.7. The maximum atomic E-state index is 12.6. The van der Waals surface area contributed by atoms with Crippen molar-refractivity contribution in [3.63, 3.8) is 0 Å². The zero-order chi connectivity index (χ0) is 22.3. The van der Waals surface area contributed by atoms with E-state index in [1.165, 1.54) is 5.69 Å². The Morgan fingerprint density at radius 1 is 1.18 bits per heavy atom. The Hall–Kier alpha value is -1.75. The van der Waals surface area contributed by atoms with E-state index in [4.69, 9.17) is 14.5 Å². The lowest BCUT2D eigenvalue weighted by molar-refractivity contribution is -0.142. The van der Waals surface area contributed by atoms with Crippen LogP contribution in [-0.4, -0.2) is 93.8 Å². The van der Waals surface area contributed by atoms with Gasteiger partial charge in [0, 0.05) is 70.7 Å². The van der Waals surface area contributed by atoms with Crippen LogP contribution in [0, 0.1) is 5.92 Å². The molecule has 0 bridgehead atoms. The molecule has 3 heterocycles. The Bertz CT molecular complexity index is 794. The second-order valence-electron chi connectivity index (χ2n) is 8.81. The number of benzene rings is 1. The van der Waals surface area contributed by atoms with Crippen molar-refractivity contribution in [2.24, 2.45) is 10.9 Å². The summed E-state index contributed by atoms with van der Waals surface area (Å²) in [4.78, 5) is 24.3. The number of rotatable bonds is 6. The van der Waals surface area contributed by atoms with Gasteiger partial charge in [0.05, 0.1) is 7.11 Å². The first-order valence-corrected chi connectivity index (χ1v) is 12.0. The first-order valence-electron chi connectivity index (χ1n) is 12.0. The molecule has 0 radical (unpaired) electrons. The Labute approximate surface area is 214 Å². The molecule has 0 spiro atoms. The summed E-state index contributed by atoms with van der Waals surface area (Å²) in [7, 11) is 1.71. The van der Waals surface area contributed by atoms with Gasteiger partial charge in [0.15, 0.2) is 5.96 Å². The third-order valence-corrected chi connectivity index (χ3v) is 6.63. The molecule has 3 aliphatic heterocycles. The van der Waals surface area contributed by atoms with Crippen molar-refractivity contribution in [3.8, 4) is 5.75 Å². The highest BCUT2D eigenvalue weighted by molar-refractivity contribution is 14.0. The molecule has 184 valence electrons. The van der Waals surface area contributed by atoms with E-state index in [2.05, 4.69) is 34.2 Å². The fourth-order valence-electron chi connectivity index (χ4n) is 4.78. The van der Waals surface area contributed by atoms with E-state index in [-0.39, 0.29) is 36.0 Å². The van der Waals surface area contributed by atoms with Crippen molar-refractivity contribution in [2.45, 2.75) is 32.3 Å². The Morgan fingerprint density at radius 3 is 2.67 bits per heavy atom. The largest absolute Gasteiger partial charge is 0.497 e. The van der Waals surface area contributed by atoms with Crippen LogP contribution in [0.3, 0.4) is 0 Å². The minimum absolute atomic E-state index is 0. The van der Waals surface area contributed by atoms with Gasteiger partial charge >= 0.3 is 0 Å². The van der Waals surface area contributed by atoms with E-state index < -0.39 is 0 Å². The fraction of sp³-hybridized carbons (Fsp3) is 0.667. The summed E-state index contributed by atoms with van der Waals surface area (Å²) < 4.78 is 10.9. The lowest BCUT2D eigenvalue weighted by Gasteiger charge is -2.37. The van der Waals surface area contributed by atoms with Crippen LogP contribution in [0.15, 0.2) is 29.3 Å². The van der Waals surface area contributed by atoms with Crippen LogP contribution in [0.4, 0.5) is 5.69 Å². The quantitative estimate of drug-likeness (QED) is 0.322. The number of amides is 1. The normalized spacial score (nSPS) is 23.5. The highest BCUT2D eigenvalue weighted by atomic mass is 127. The Kier molecular flexibility index (Phi) is 9.91. The SMILES string of the molecule is CCNC(=NCC1CCN(c2cccc(OC)c2)C1)N1CCN(C(=O)C2CCCO2)CC1.I. The van der Waals surface area contributed by atoms with Gasteiger partial charge in [-0.1, -0.05) is 6.07 Å². The number of halogens is 1. The maximum absolute atomic E-state index is 12.6. The van der Waals surface area contributed by atoms with Crippen molar-refractivity contribution in [2.75, 3.05) is 71.0 Å². The van der Waals surface area contributed by atoms with Crippen LogP contribution >= 0.6 is 24.0 Å². The third-order valence-electron chi connectivity index (χ3n) is 6.63. The highest BCUT2D eigenvalue weighted by Gasteiger charge is 2.31. The number of hydrogen-bond donors (Lipinski definition) is 1. The molecule has 8 nitrogen and oxygen atoms in total. The number of ether oxygens (including phenoxy) is 2. The number of carbonyl (C=O) groups excluding carboxylic acids is 1. The Balaban J connectivity index is 0.00000306. The van der Waals surface area contributed by atoms with E-state index in [9.17, 15) is 4.79 Å². The number of nitrogens with one attached hydrogen (secondary N) is 1. The fourth-order valence-corrected chi connectivity index (χ4v) is 4.78. The van der Waals surface area contributed by atoms with Gasteiger partial charge in [-0.3, -0.25) is 9.79 Å². The van der Waals surface area contributed by atoms with Crippen LogP contribution in [-0.2, 0) is 9.53 Å². The second-order valence-corrected chi connectivity index (χ2v) is 8.81. The average molecular weight is 572 g/mol. The summed E-state index contributed by atoms with van der Waals surface area (Å²) in [5, 5.41) is 3.45. The molecule has 3 fully saturated rings. The molecule has 33 heavy (non-hydrogen) atoms. The number of methoxy groups -OCH3 is 1. The predicted molar refractivity (Wildman–Crippen MR) is 142 cm³/mol. The molecule has 2 unspecified atom stereocenters. The summed E-state index contributed by atoms with van der Waals surface area (Å²) in [6.07, 6.45) is 2.77. The van der Waals surface area contributed by atoms with Gasteiger partial charge in [-0.2, -0.15) is 0 Å². The molecular weight excluding hydrogens is 533 g/mol. The minimum Gasteiger partial charge on any atom is -0.497 e. The van der Waals surface area contributed by atoms with Crippen LogP contribution in [0.2, 0.25) is 0 Å². The molecule has 1 aromatic rings. The number of guanidine groups is 1. The van der Waals surface area contributed by atoms with Crippen LogP contribution in [0.25, 0.3) is 0 Å². The van der Waals surface area contributed by atoms with E-state index in [1.54, 1.807) is 7.11 Å². The van der Waals surface area contributed by atoms with Crippen molar-refractivity contribution in [1.29, 1.82) is 0 Å². The molecule has 1 N–H and O–H groups in total. The van der Waals surface area contributed by atoms with Gasteiger partial charge in [0.2, 0.25) is 0 Å². The van der Waals surface area contributed by atoms with E-state index >= 15 is 0 Å². The van der Waals surface area contributed by atoms with Gasteiger partial charge in [-0.05, 0) is 44.2 Å². The summed E-state index contributed by atoms with van der Waals surface area (Å²) in [6.45, 7) is 9.62. The van der Waals surface area contributed by atoms with Gasteiger partial charge in [-0.15, -0.1) is 24.0 Å². The molecule has 3 aliphatic rings. The summed E-state index contributed by atoms with van der Waals surface area (Å²) in [6, 6.07) is 8.28. The Morgan fingerprint density at radius 2 is 1.97 bits per heavy atom. The molecule has 0 saturated carbocycles. The lowest BCUT2D eigenvalue weighted by Crippen LogP contribution is -2.55. The minimum atomic E-state index is -0.224. The maximum Gasteiger partial charge on any atom is 0.251 e. The predicted octanol–water partition coefficient (Wildman–Crippen LogP) is 2.43. The topological polar surface area (TPSA) is 69.6 Å². The zero-order valence-corrected chi connectivity index (χ0v) is 22.2. The zero-order valence-electron chi connectivity index (χ0n) is 19.9. The van der Waals surface area contributed by atoms with Crippen molar-refractivity contribution in [3.05, 3.63) is 24.3 Å². The van der Waals surface area contributed by atoms with Gasteiger partial charge in [0.1, 0.15) is 11.9 Å². The van der Waals surface area contributed by atoms with Crippen LogP contribution in [0.1, 0.15) is 26.2 Å². The molecular formula is C24H38IN5O3. The summed E-state index contributed by atoms with van der Waals surface area (Å²) >= 11 is 0. The van der Waals surface area contributed by atoms with Crippen molar-refractivity contribution < 1.29 is 14.3 Å². The third kappa shape index (κ3) is 6.65. The molecule has 9 heteroatoms. The van der Waals surface area contributed by atoms with Crippen molar-refractivity contribution >= 4 is 41.5 Å². The standard InChI is InChI=1S/C24H37N5O3.HI/c1-3-25-24(28-13-11-27(12-14-28)23(30)22-8-5-15-32-22)26-17-19-9-10-29(18-19)20-6-4-7-21(16-20)31-2;/h4,6-7,16,19,22H,3,5,8-15,17-18H2,1-2H3,(H,25,26);1H. The van der Waals surface area contributed by atoms with Gasteiger partial charge in [0.25, 0.3) is 5.91 Å². The van der Waals surface area contributed by atoms with Gasteiger partial charge < -0.3 is 29.5 Å². The van der Waals surface area contributed by atoms with E-state index in [0.29, 0.717) is 12.5 Å². The number of aliphatic imine (C=N–C) groups is 1. The molecule has 0 aromatic heterocycles. The first kappa shape index (κ1) is 25.9. The second kappa shape index (κ2) is 12.6. The van der Waals surface area contributed by atoms with Gasteiger partial charge in [-0.25, -0.2) is 0 Å². The number of nitrogens with zero attached hydrogens (tertiary/aromatic N) is 4. The van der Waals surface area contributed by atoms with Crippen LogP contribution in [0.5, 0.6) is 5.75 Å². The number of piperazine rings is 1. The number of anilines is 1. The summed E-state index contributed by atoms with van der Waals surface area (Å²) in [5.41, 5.74) is 1.22. The summed E-state index contributed by atoms with van der Waals surface area (Å²) in [5.74, 6) is 2.57. The molecule has 4 rings (SSSR count). The smallest absolute Gasteiger partial charge is 0.251 e. The molecule has 3 saturated heterocycles. The molecule has 2 atom stereocenters.